The van der Waals surface area contributed by atoms with E-state index >= 15 is 0 Å². The molecule has 0 aliphatic heterocycles. The van der Waals surface area contributed by atoms with Gasteiger partial charge in [0.1, 0.15) is 0 Å². The molecule has 1 aromatic carbocycles. The van der Waals surface area contributed by atoms with Gasteiger partial charge in [-0.3, -0.25) is 0 Å². The van der Waals surface area contributed by atoms with Crippen molar-refractivity contribution in [3.05, 3.63) is 40.9 Å². The molecule has 0 amide bonds. The van der Waals surface area contributed by atoms with Crippen LogP contribution in [0.1, 0.15) is 12.0 Å². The van der Waals surface area contributed by atoms with Gasteiger partial charge >= 0.3 is 12.1 Å². The number of carbonyl (C=O) groups is 1. The quantitative estimate of drug-likeness (QED) is 0.836. The Morgan fingerprint density at radius 2 is 1.95 bits per heavy atom. The van der Waals surface area contributed by atoms with E-state index in [9.17, 15) is 13.2 Å². The maximum atomic E-state index is 10.6. The zero-order valence-corrected chi connectivity index (χ0v) is 10.4. The zero-order valence-electron chi connectivity index (χ0n) is 9.62. The molecule has 0 heterocycles. The summed E-state index contributed by atoms with van der Waals surface area (Å²) in [7, 11) is 0. The number of aliphatic carboxylic acids is 1. The van der Waals surface area contributed by atoms with Crippen LogP contribution in [0.2, 0.25) is 5.02 Å². The molecule has 1 atom stereocenters. The molecular weight excluding hydrogens is 283 g/mol. The van der Waals surface area contributed by atoms with Crippen molar-refractivity contribution in [2.45, 2.75) is 18.6 Å². The van der Waals surface area contributed by atoms with Gasteiger partial charge in [-0.05, 0) is 29.7 Å². The van der Waals surface area contributed by atoms with Crippen LogP contribution in [0.5, 0.6) is 0 Å². The number of alkyl halides is 3. The highest BCUT2D eigenvalue weighted by atomic mass is 35.5. The van der Waals surface area contributed by atoms with Crippen LogP contribution in [-0.2, 0) is 4.79 Å². The summed E-state index contributed by atoms with van der Waals surface area (Å²) in [6, 6.07) is 8.12. The molecule has 3 N–H and O–H groups in total. The van der Waals surface area contributed by atoms with Gasteiger partial charge in [0.2, 0.25) is 0 Å². The maximum Gasteiger partial charge on any atom is 0.490 e. The Morgan fingerprint density at radius 1 is 1.42 bits per heavy atom. The molecule has 1 aliphatic carbocycles. The lowest BCUT2D eigenvalue weighted by molar-refractivity contribution is -0.192. The molecule has 1 aliphatic rings. The summed E-state index contributed by atoms with van der Waals surface area (Å²) in [5.41, 5.74) is 8.14. The summed E-state index contributed by atoms with van der Waals surface area (Å²) in [5, 5.41) is 7.91. The Kier molecular flexibility index (Phi) is 4.97. The number of rotatable bonds is 1. The van der Waals surface area contributed by atoms with Crippen molar-refractivity contribution in [3.8, 4) is 0 Å². The van der Waals surface area contributed by atoms with Gasteiger partial charge in [0.05, 0.1) is 0 Å². The predicted molar refractivity (Wildman–Crippen MR) is 65.7 cm³/mol. The van der Waals surface area contributed by atoms with Crippen molar-refractivity contribution in [2.75, 3.05) is 0 Å². The van der Waals surface area contributed by atoms with Gasteiger partial charge in [-0.1, -0.05) is 29.8 Å². The van der Waals surface area contributed by atoms with Crippen molar-refractivity contribution in [1.82, 2.24) is 0 Å². The SMILES string of the molecule is NC1C=C(c2cccc(Cl)c2)C1.O=C(O)C(F)(F)F. The smallest absolute Gasteiger partial charge is 0.475 e. The minimum Gasteiger partial charge on any atom is -0.475 e. The monoisotopic (exact) mass is 293 g/mol. The van der Waals surface area contributed by atoms with Gasteiger partial charge in [0.15, 0.2) is 0 Å². The molecule has 0 aromatic heterocycles. The van der Waals surface area contributed by atoms with Gasteiger partial charge in [-0.25, -0.2) is 4.79 Å². The van der Waals surface area contributed by atoms with Crippen LogP contribution < -0.4 is 5.73 Å². The predicted octanol–water partition coefficient (Wildman–Crippen LogP) is 3.09. The van der Waals surface area contributed by atoms with E-state index in [1.807, 2.05) is 18.2 Å². The fourth-order valence-corrected chi connectivity index (χ4v) is 1.57. The van der Waals surface area contributed by atoms with E-state index in [1.165, 1.54) is 11.1 Å². The largest absolute Gasteiger partial charge is 0.490 e. The second-order valence-corrected chi connectivity index (χ2v) is 4.31. The van der Waals surface area contributed by atoms with Crippen molar-refractivity contribution >= 4 is 23.1 Å². The first-order valence-electron chi connectivity index (χ1n) is 5.22. The van der Waals surface area contributed by atoms with E-state index in [-0.39, 0.29) is 6.04 Å². The summed E-state index contributed by atoms with van der Waals surface area (Å²) >= 11 is 5.85. The first kappa shape index (κ1) is 15.5. The number of nitrogens with two attached hydrogens (primary N) is 1. The normalized spacial score (nSPS) is 17.7. The molecule has 19 heavy (non-hydrogen) atoms. The van der Waals surface area contributed by atoms with Crippen LogP contribution >= 0.6 is 11.6 Å². The Bertz CT molecular complexity index is 500. The molecule has 104 valence electrons. The van der Waals surface area contributed by atoms with E-state index in [0.29, 0.717) is 0 Å². The minimum atomic E-state index is -5.08. The fourth-order valence-electron chi connectivity index (χ4n) is 1.38. The molecule has 0 bridgehead atoms. The minimum absolute atomic E-state index is 0.249. The molecule has 7 heteroatoms. The highest BCUT2D eigenvalue weighted by molar-refractivity contribution is 6.30. The average molecular weight is 294 g/mol. The van der Waals surface area contributed by atoms with Crippen molar-refractivity contribution in [3.63, 3.8) is 0 Å². The lowest BCUT2D eigenvalue weighted by Crippen LogP contribution is -2.24. The van der Waals surface area contributed by atoms with Crippen LogP contribution in [0.4, 0.5) is 13.2 Å². The average Bonchev–Trinajstić information content (AvgIpc) is 2.24. The molecule has 0 radical (unpaired) electrons. The molecule has 0 spiro atoms. The summed E-state index contributed by atoms with van der Waals surface area (Å²) < 4.78 is 31.7. The molecule has 0 fully saturated rings. The number of benzene rings is 1. The lowest BCUT2D eigenvalue weighted by Gasteiger charge is -2.21. The fraction of sp³-hybridized carbons (Fsp3) is 0.250. The molecule has 1 unspecified atom stereocenters. The maximum absolute atomic E-state index is 10.6. The van der Waals surface area contributed by atoms with Crippen LogP contribution in [0.3, 0.4) is 0 Å². The number of halogens is 4. The highest BCUT2D eigenvalue weighted by Crippen LogP contribution is 2.29. The number of carboxylic acids is 1. The molecule has 0 saturated heterocycles. The zero-order chi connectivity index (χ0) is 14.6. The number of hydrogen-bond acceptors (Lipinski definition) is 2. The molecule has 0 saturated carbocycles. The van der Waals surface area contributed by atoms with Gasteiger partial charge in [0.25, 0.3) is 0 Å². The summed E-state index contributed by atoms with van der Waals surface area (Å²) in [4.78, 5) is 8.90. The van der Waals surface area contributed by atoms with E-state index < -0.39 is 12.1 Å². The van der Waals surface area contributed by atoms with Gasteiger partial charge < -0.3 is 10.8 Å². The first-order valence-corrected chi connectivity index (χ1v) is 5.60. The Hall–Kier alpha value is -1.53. The van der Waals surface area contributed by atoms with Crippen LogP contribution in [0.25, 0.3) is 5.57 Å². The third kappa shape index (κ3) is 4.92. The summed E-state index contributed by atoms with van der Waals surface area (Å²) in [6.07, 6.45) is -2.04. The second kappa shape index (κ2) is 6.08. The number of hydrogen-bond donors (Lipinski definition) is 2. The van der Waals surface area contributed by atoms with Gasteiger partial charge in [-0.2, -0.15) is 13.2 Å². The van der Waals surface area contributed by atoms with Crippen molar-refractivity contribution in [1.29, 1.82) is 0 Å². The second-order valence-electron chi connectivity index (χ2n) is 3.87. The molecular formula is C12H11ClF3NO2. The van der Waals surface area contributed by atoms with Gasteiger partial charge in [-0.15, -0.1) is 0 Å². The molecule has 2 rings (SSSR count). The third-order valence-corrected chi connectivity index (χ3v) is 2.54. The van der Waals surface area contributed by atoms with Crippen LogP contribution in [0.15, 0.2) is 30.3 Å². The Morgan fingerprint density at radius 3 is 2.32 bits per heavy atom. The molecule has 1 aromatic rings. The lowest BCUT2D eigenvalue weighted by atomic mass is 9.88. The van der Waals surface area contributed by atoms with Crippen molar-refractivity contribution in [2.24, 2.45) is 5.73 Å². The summed E-state index contributed by atoms with van der Waals surface area (Å²) in [5.74, 6) is -2.76. The van der Waals surface area contributed by atoms with E-state index in [2.05, 4.69) is 12.1 Å². The topological polar surface area (TPSA) is 63.3 Å². The van der Waals surface area contributed by atoms with Crippen LogP contribution in [0, 0.1) is 0 Å². The highest BCUT2D eigenvalue weighted by Gasteiger charge is 2.38. The van der Waals surface area contributed by atoms with Crippen LogP contribution in [-0.4, -0.2) is 23.3 Å². The van der Waals surface area contributed by atoms with E-state index in [1.54, 1.807) is 0 Å². The van der Waals surface area contributed by atoms with E-state index in [0.717, 1.165) is 11.4 Å². The van der Waals surface area contributed by atoms with E-state index in [4.69, 9.17) is 27.2 Å². The molecule has 3 nitrogen and oxygen atoms in total. The Labute approximate surface area is 112 Å². The third-order valence-electron chi connectivity index (χ3n) is 2.31. The van der Waals surface area contributed by atoms with Crippen molar-refractivity contribution < 1.29 is 23.1 Å². The Balaban J connectivity index is 0.000000224. The van der Waals surface area contributed by atoms with Gasteiger partial charge in [0, 0.05) is 11.1 Å². The number of carboxylic acid groups (broad SMARTS) is 1. The standard InChI is InChI=1S/C10H10ClN.C2HF3O2/c11-9-3-1-2-7(4-9)8-5-10(12)6-8;3-2(4,5)1(6)7/h1-5,10H,6,12H2;(H,6,7). The first-order chi connectivity index (χ1) is 8.70. The summed E-state index contributed by atoms with van der Waals surface area (Å²) in [6.45, 7) is 0.